The zero-order valence-corrected chi connectivity index (χ0v) is 15.5. The van der Waals surface area contributed by atoms with Crippen LogP contribution in [0.15, 0.2) is 47.4 Å². The predicted molar refractivity (Wildman–Crippen MR) is 97.0 cm³/mol. The summed E-state index contributed by atoms with van der Waals surface area (Å²) < 4.78 is 53.7. The lowest BCUT2D eigenvalue weighted by molar-refractivity contribution is 0.102. The lowest BCUT2D eigenvalue weighted by Crippen LogP contribution is -2.46. The second kappa shape index (κ2) is 7.71. The molecular weight excluding hydrogens is 376 g/mol. The fourth-order valence-electron chi connectivity index (χ4n) is 2.77. The van der Waals surface area contributed by atoms with Crippen molar-refractivity contribution in [1.82, 2.24) is 9.21 Å². The van der Waals surface area contributed by atoms with Crippen LogP contribution < -0.4 is 5.32 Å². The van der Waals surface area contributed by atoms with Crippen molar-refractivity contribution in [2.75, 3.05) is 38.5 Å². The number of benzene rings is 2. The molecule has 0 unspecified atom stereocenters. The molecule has 2 aromatic carbocycles. The van der Waals surface area contributed by atoms with Gasteiger partial charge in [-0.1, -0.05) is 6.07 Å². The number of amides is 1. The van der Waals surface area contributed by atoms with Gasteiger partial charge < -0.3 is 10.2 Å². The third-order valence-electron chi connectivity index (χ3n) is 4.41. The molecule has 144 valence electrons. The maximum Gasteiger partial charge on any atom is 0.258 e. The molecule has 1 amide bonds. The normalized spacial score (nSPS) is 16.3. The highest BCUT2D eigenvalue weighted by Gasteiger charge is 2.27. The topological polar surface area (TPSA) is 69.7 Å². The third-order valence-corrected chi connectivity index (χ3v) is 6.32. The molecule has 1 heterocycles. The van der Waals surface area contributed by atoms with E-state index in [0.717, 1.165) is 6.07 Å². The summed E-state index contributed by atoms with van der Waals surface area (Å²) in [6.45, 7) is 2.14. The molecule has 27 heavy (non-hydrogen) atoms. The van der Waals surface area contributed by atoms with Gasteiger partial charge in [0.1, 0.15) is 0 Å². The van der Waals surface area contributed by atoms with Crippen molar-refractivity contribution in [3.05, 3.63) is 59.7 Å². The zero-order chi connectivity index (χ0) is 19.6. The average molecular weight is 395 g/mol. The van der Waals surface area contributed by atoms with Gasteiger partial charge in [-0.15, -0.1) is 0 Å². The molecule has 1 N–H and O–H groups in total. The van der Waals surface area contributed by atoms with Gasteiger partial charge in [0.25, 0.3) is 5.91 Å². The first-order valence-electron chi connectivity index (χ1n) is 8.33. The third kappa shape index (κ3) is 4.15. The summed E-state index contributed by atoms with van der Waals surface area (Å²) in [4.78, 5) is 14.3. The zero-order valence-electron chi connectivity index (χ0n) is 14.7. The van der Waals surface area contributed by atoms with Crippen molar-refractivity contribution < 1.29 is 22.0 Å². The lowest BCUT2D eigenvalue weighted by atomic mass is 10.2. The molecule has 9 heteroatoms. The Kier molecular flexibility index (Phi) is 5.54. The molecule has 0 saturated carbocycles. The quantitative estimate of drug-likeness (QED) is 0.861. The van der Waals surface area contributed by atoms with E-state index in [1.165, 1.54) is 40.7 Å². The molecular formula is C18H19F2N3O3S. The minimum absolute atomic E-state index is 0.113. The van der Waals surface area contributed by atoms with E-state index < -0.39 is 33.1 Å². The number of likely N-dealkylation sites (N-methyl/N-ethyl adjacent to an activating group) is 1. The van der Waals surface area contributed by atoms with Crippen molar-refractivity contribution in [3.63, 3.8) is 0 Å². The largest absolute Gasteiger partial charge is 0.322 e. The standard InChI is InChI=1S/C18H19F2N3O3S/c1-22-9-11-23(12-10-22)27(25,26)14-7-5-13(6-8-14)21-18(24)15-3-2-4-16(19)17(15)20/h2-8H,9-12H2,1H3,(H,21,24). The van der Waals surface area contributed by atoms with Crippen LogP contribution in [0.2, 0.25) is 0 Å². The Morgan fingerprint density at radius 2 is 1.63 bits per heavy atom. The summed E-state index contributed by atoms with van der Waals surface area (Å²) in [5, 5.41) is 2.43. The molecule has 0 aromatic heterocycles. The fraction of sp³-hybridized carbons (Fsp3) is 0.278. The molecule has 0 bridgehead atoms. The summed E-state index contributed by atoms with van der Waals surface area (Å²) >= 11 is 0. The number of nitrogens with one attached hydrogen (secondary N) is 1. The number of hydrogen-bond donors (Lipinski definition) is 1. The highest BCUT2D eigenvalue weighted by molar-refractivity contribution is 7.89. The molecule has 1 aliphatic heterocycles. The number of carbonyl (C=O) groups excluding carboxylic acids is 1. The number of sulfonamides is 1. The van der Waals surface area contributed by atoms with E-state index in [4.69, 9.17) is 0 Å². The Morgan fingerprint density at radius 3 is 2.26 bits per heavy atom. The van der Waals surface area contributed by atoms with E-state index in [1.54, 1.807) is 0 Å². The Labute approximate surface area is 156 Å². The number of rotatable bonds is 4. The minimum Gasteiger partial charge on any atom is -0.322 e. The maximum absolute atomic E-state index is 13.7. The van der Waals surface area contributed by atoms with Crippen molar-refractivity contribution in [1.29, 1.82) is 0 Å². The van der Waals surface area contributed by atoms with E-state index >= 15 is 0 Å². The summed E-state index contributed by atoms with van der Waals surface area (Å²) in [5.41, 5.74) is -0.148. The summed E-state index contributed by atoms with van der Waals surface area (Å²) in [6, 6.07) is 8.91. The second-order valence-electron chi connectivity index (χ2n) is 6.29. The van der Waals surface area contributed by atoms with Crippen molar-refractivity contribution >= 4 is 21.6 Å². The molecule has 1 saturated heterocycles. The highest BCUT2D eigenvalue weighted by atomic mass is 32.2. The van der Waals surface area contributed by atoms with Crippen LogP contribution in [0.25, 0.3) is 0 Å². The van der Waals surface area contributed by atoms with Gasteiger partial charge in [0.05, 0.1) is 10.5 Å². The Balaban J connectivity index is 1.73. The molecule has 0 atom stereocenters. The van der Waals surface area contributed by atoms with Crippen LogP contribution in [0.3, 0.4) is 0 Å². The van der Waals surface area contributed by atoms with Gasteiger partial charge in [-0.25, -0.2) is 17.2 Å². The SMILES string of the molecule is CN1CCN(S(=O)(=O)c2ccc(NC(=O)c3cccc(F)c3F)cc2)CC1. The smallest absolute Gasteiger partial charge is 0.258 e. The molecule has 6 nitrogen and oxygen atoms in total. The van der Waals surface area contributed by atoms with Gasteiger partial charge in [-0.2, -0.15) is 4.31 Å². The number of nitrogens with zero attached hydrogens (tertiary/aromatic N) is 2. The van der Waals surface area contributed by atoms with Crippen LogP contribution in [-0.4, -0.2) is 56.8 Å². The summed E-state index contributed by atoms with van der Waals surface area (Å²) in [5.74, 6) is -3.16. The van der Waals surface area contributed by atoms with Crippen LogP contribution in [0.1, 0.15) is 10.4 Å². The molecule has 0 radical (unpaired) electrons. The van der Waals surface area contributed by atoms with Crippen molar-refractivity contribution in [2.24, 2.45) is 0 Å². The first kappa shape index (κ1) is 19.4. The minimum atomic E-state index is -3.61. The monoisotopic (exact) mass is 395 g/mol. The Morgan fingerprint density at radius 1 is 1.00 bits per heavy atom. The average Bonchev–Trinajstić information content (AvgIpc) is 2.64. The van der Waals surface area contributed by atoms with E-state index in [-0.39, 0.29) is 10.6 Å². The van der Waals surface area contributed by atoms with Crippen LogP contribution in [0.5, 0.6) is 0 Å². The van der Waals surface area contributed by atoms with Crippen molar-refractivity contribution in [2.45, 2.75) is 4.90 Å². The maximum atomic E-state index is 13.7. The lowest BCUT2D eigenvalue weighted by Gasteiger charge is -2.31. The van der Waals surface area contributed by atoms with Gasteiger partial charge in [0.2, 0.25) is 10.0 Å². The molecule has 0 spiro atoms. The van der Waals surface area contributed by atoms with Gasteiger partial charge in [-0.3, -0.25) is 4.79 Å². The van der Waals surface area contributed by atoms with E-state index in [0.29, 0.717) is 26.2 Å². The van der Waals surface area contributed by atoms with Gasteiger partial charge in [0, 0.05) is 31.9 Å². The summed E-state index contributed by atoms with van der Waals surface area (Å²) in [7, 11) is -1.68. The Bertz CT molecular complexity index is 941. The van der Waals surface area contributed by atoms with Crippen LogP contribution in [0, 0.1) is 11.6 Å². The van der Waals surface area contributed by atoms with E-state index in [1.807, 2.05) is 7.05 Å². The summed E-state index contributed by atoms with van der Waals surface area (Å²) in [6.07, 6.45) is 0. The van der Waals surface area contributed by atoms with Gasteiger partial charge in [0.15, 0.2) is 11.6 Å². The fourth-order valence-corrected chi connectivity index (χ4v) is 4.19. The van der Waals surface area contributed by atoms with Gasteiger partial charge in [-0.05, 0) is 43.4 Å². The van der Waals surface area contributed by atoms with E-state index in [9.17, 15) is 22.0 Å². The molecule has 2 aromatic rings. The van der Waals surface area contributed by atoms with Gasteiger partial charge >= 0.3 is 0 Å². The van der Waals surface area contributed by atoms with E-state index in [2.05, 4.69) is 10.2 Å². The molecule has 3 rings (SSSR count). The van der Waals surface area contributed by atoms with Crippen molar-refractivity contribution in [3.8, 4) is 0 Å². The number of piperazine rings is 1. The number of halogens is 2. The highest BCUT2D eigenvalue weighted by Crippen LogP contribution is 2.20. The Hall–Kier alpha value is -2.36. The van der Waals surface area contributed by atoms with Crippen LogP contribution in [-0.2, 0) is 10.0 Å². The molecule has 1 aliphatic rings. The van der Waals surface area contributed by atoms with Crippen LogP contribution in [0.4, 0.5) is 14.5 Å². The molecule has 0 aliphatic carbocycles. The number of carbonyl (C=O) groups is 1. The second-order valence-corrected chi connectivity index (χ2v) is 8.23. The van der Waals surface area contributed by atoms with Crippen LogP contribution >= 0.6 is 0 Å². The first-order chi connectivity index (χ1) is 12.8. The number of hydrogen-bond acceptors (Lipinski definition) is 4. The number of anilines is 1. The predicted octanol–water partition coefficient (Wildman–Crippen LogP) is 2.15. The first-order valence-corrected chi connectivity index (χ1v) is 9.77. The molecule has 1 fully saturated rings.